The molecular weight excluding hydrogens is 260 g/mol. The summed E-state index contributed by atoms with van der Waals surface area (Å²) in [7, 11) is 1.57. The van der Waals surface area contributed by atoms with Crippen molar-refractivity contribution in [3.05, 3.63) is 35.4 Å². The maximum Gasteiger partial charge on any atom is 0.335 e. The Hall–Kier alpha value is -1.92. The molecule has 1 aliphatic rings. The second-order valence-electron chi connectivity index (χ2n) is 4.86. The number of rotatable bonds is 3. The van der Waals surface area contributed by atoms with Crippen molar-refractivity contribution in [3.63, 3.8) is 0 Å². The highest BCUT2D eigenvalue weighted by Crippen LogP contribution is 2.16. The monoisotopic (exact) mass is 278 g/mol. The lowest BCUT2D eigenvalue weighted by Crippen LogP contribution is -2.53. The normalized spacial score (nSPS) is 22.6. The summed E-state index contributed by atoms with van der Waals surface area (Å²) < 4.78 is 5.27. The highest BCUT2D eigenvalue weighted by Gasteiger charge is 2.29. The molecular formula is C14H18N2O4. The number of benzene rings is 1. The van der Waals surface area contributed by atoms with Gasteiger partial charge < -0.3 is 20.5 Å². The number of hydrogen-bond donors (Lipinski definition) is 2. The van der Waals surface area contributed by atoms with Crippen LogP contribution in [-0.4, -0.2) is 54.2 Å². The Morgan fingerprint density at radius 1 is 1.40 bits per heavy atom. The Labute approximate surface area is 117 Å². The number of nitrogens with zero attached hydrogens (tertiary/aromatic N) is 1. The molecule has 0 bridgehead atoms. The molecule has 6 nitrogen and oxygen atoms in total. The van der Waals surface area contributed by atoms with Crippen LogP contribution in [0.15, 0.2) is 24.3 Å². The number of piperidine rings is 1. The van der Waals surface area contributed by atoms with Crippen molar-refractivity contribution in [3.8, 4) is 0 Å². The molecule has 0 aliphatic carbocycles. The molecule has 0 unspecified atom stereocenters. The lowest BCUT2D eigenvalue weighted by molar-refractivity contribution is 0.0162. The first-order valence-corrected chi connectivity index (χ1v) is 6.44. The summed E-state index contributed by atoms with van der Waals surface area (Å²) in [5.74, 6) is -1.24. The molecule has 1 heterocycles. The molecule has 0 saturated carbocycles. The summed E-state index contributed by atoms with van der Waals surface area (Å²) in [6, 6.07) is 5.96. The van der Waals surface area contributed by atoms with E-state index in [0.29, 0.717) is 25.1 Å². The summed E-state index contributed by atoms with van der Waals surface area (Å²) in [4.78, 5) is 25.0. The van der Waals surface area contributed by atoms with E-state index in [-0.39, 0.29) is 23.6 Å². The van der Waals surface area contributed by atoms with E-state index in [4.69, 9.17) is 15.6 Å². The SMILES string of the molecule is CO[C@@H]1CN(C(=O)c2cccc(C(=O)O)c2)CC[C@@H]1N. The van der Waals surface area contributed by atoms with Crippen LogP contribution in [0.3, 0.4) is 0 Å². The Kier molecular flexibility index (Phi) is 4.36. The predicted molar refractivity (Wildman–Crippen MR) is 72.7 cm³/mol. The number of ether oxygens (including phenoxy) is 1. The highest BCUT2D eigenvalue weighted by molar-refractivity contribution is 5.97. The van der Waals surface area contributed by atoms with Crippen LogP contribution in [0.1, 0.15) is 27.1 Å². The van der Waals surface area contributed by atoms with Crippen molar-refractivity contribution in [2.45, 2.75) is 18.6 Å². The number of likely N-dealkylation sites (tertiary alicyclic amines) is 1. The van der Waals surface area contributed by atoms with Crippen molar-refractivity contribution in [2.24, 2.45) is 5.73 Å². The molecule has 20 heavy (non-hydrogen) atoms. The van der Waals surface area contributed by atoms with E-state index < -0.39 is 5.97 Å². The van der Waals surface area contributed by atoms with Gasteiger partial charge in [-0.2, -0.15) is 0 Å². The first-order valence-electron chi connectivity index (χ1n) is 6.44. The number of carbonyl (C=O) groups excluding carboxylic acids is 1. The van der Waals surface area contributed by atoms with E-state index in [1.54, 1.807) is 24.1 Å². The number of hydrogen-bond acceptors (Lipinski definition) is 4. The van der Waals surface area contributed by atoms with Crippen LogP contribution in [0, 0.1) is 0 Å². The van der Waals surface area contributed by atoms with Crippen LogP contribution in [0.4, 0.5) is 0 Å². The van der Waals surface area contributed by atoms with Crippen LogP contribution in [0.5, 0.6) is 0 Å². The average molecular weight is 278 g/mol. The van der Waals surface area contributed by atoms with Crippen molar-refractivity contribution >= 4 is 11.9 Å². The van der Waals surface area contributed by atoms with Crippen LogP contribution in [0.25, 0.3) is 0 Å². The van der Waals surface area contributed by atoms with Crippen LogP contribution < -0.4 is 5.73 Å². The summed E-state index contributed by atoms with van der Waals surface area (Å²) in [6.45, 7) is 0.977. The quantitative estimate of drug-likeness (QED) is 0.843. The number of nitrogens with two attached hydrogens (primary N) is 1. The van der Waals surface area contributed by atoms with Gasteiger partial charge in [-0.05, 0) is 24.6 Å². The first-order chi connectivity index (χ1) is 9.52. The topological polar surface area (TPSA) is 92.9 Å². The van der Waals surface area contributed by atoms with Gasteiger partial charge in [-0.15, -0.1) is 0 Å². The van der Waals surface area contributed by atoms with Gasteiger partial charge >= 0.3 is 5.97 Å². The fraction of sp³-hybridized carbons (Fsp3) is 0.429. The van der Waals surface area contributed by atoms with Crippen molar-refractivity contribution in [1.29, 1.82) is 0 Å². The maximum absolute atomic E-state index is 12.4. The Bertz CT molecular complexity index is 518. The molecule has 1 saturated heterocycles. The molecule has 2 atom stereocenters. The Morgan fingerprint density at radius 2 is 2.10 bits per heavy atom. The smallest absolute Gasteiger partial charge is 0.335 e. The number of aromatic carboxylic acids is 1. The van der Waals surface area contributed by atoms with Crippen LogP contribution >= 0.6 is 0 Å². The number of methoxy groups -OCH3 is 1. The third-order valence-electron chi connectivity index (χ3n) is 3.56. The summed E-state index contributed by atoms with van der Waals surface area (Å²) in [5.41, 5.74) is 6.39. The lowest BCUT2D eigenvalue weighted by atomic mass is 10.0. The fourth-order valence-electron chi connectivity index (χ4n) is 2.34. The minimum absolute atomic E-state index is 0.0746. The zero-order valence-corrected chi connectivity index (χ0v) is 11.3. The second kappa shape index (κ2) is 6.02. The zero-order valence-electron chi connectivity index (χ0n) is 11.3. The third kappa shape index (κ3) is 2.97. The molecule has 6 heteroatoms. The van der Waals surface area contributed by atoms with E-state index in [1.165, 1.54) is 12.1 Å². The van der Waals surface area contributed by atoms with Gasteiger partial charge in [0, 0.05) is 31.8 Å². The number of amides is 1. The van der Waals surface area contributed by atoms with E-state index in [0.717, 1.165) is 0 Å². The van der Waals surface area contributed by atoms with Crippen LogP contribution in [0.2, 0.25) is 0 Å². The molecule has 1 amide bonds. The molecule has 0 radical (unpaired) electrons. The first kappa shape index (κ1) is 14.5. The van der Waals surface area contributed by atoms with Gasteiger partial charge in [0.05, 0.1) is 11.7 Å². The molecule has 3 N–H and O–H groups in total. The van der Waals surface area contributed by atoms with Gasteiger partial charge in [-0.1, -0.05) is 6.07 Å². The standard InChI is InChI=1S/C14H18N2O4/c1-20-12-8-16(6-5-11(12)15)13(17)9-3-2-4-10(7-9)14(18)19/h2-4,7,11-12H,5-6,8,15H2,1H3,(H,18,19)/t11-,12+/m0/s1. The predicted octanol–water partition coefficient (Wildman–Crippen LogP) is 0.573. The lowest BCUT2D eigenvalue weighted by Gasteiger charge is -2.36. The van der Waals surface area contributed by atoms with Gasteiger partial charge in [0.25, 0.3) is 5.91 Å². The van der Waals surface area contributed by atoms with Gasteiger partial charge in [0.2, 0.25) is 0 Å². The molecule has 1 fully saturated rings. The molecule has 1 aromatic rings. The summed E-state index contributed by atoms with van der Waals surface area (Å²) in [5, 5.41) is 8.95. The minimum Gasteiger partial charge on any atom is -0.478 e. The largest absolute Gasteiger partial charge is 0.478 e. The third-order valence-corrected chi connectivity index (χ3v) is 3.56. The molecule has 0 aromatic heterocycles. The maximum atomic E-state index is 12.4. The molecule has 0 spiro atoms. The molecule has 108 valence electrons. The number of carboxylic acid groups (broad SMARTS) is 1. The Morgan fingerprint density at radius 3 is 2.75 bits per heavy atom. The number of carboxylic acids is 1. The van der Waals surface area contributed by atoms with E-state index in [1.807, 2.05) is 0 Å². The summed E-state index contributed by atoms with van der Waals surface area (Å²) in [6.07, 6.45) is 0.485. The van der Waals surface area contributed by atoms with E-state index in [2.05, 4.69) is 0 Å². The van der Waals surface area contributed by atoms with E-state index in [9.17, 15) is 9.59 Å². The van der Waals surface area contributed by atoms with Gasteiger partial charge in [0.15, 0.2) is 0 Å². The van der Waals surface area contributed by atoms with Gasteiger partial charge in [0.1, 0.15) is 0 Å². The summed E-state index contributed by atoms with van der Waals surface area (Å²) >= 11 is 0. The fourth-order valence-corrected chi connectivity index (χ4v) is 2.34. The van der Waals surface area contributed by atoms with Gasteiger partial charge in [-0.25, -0.2) is 4.79 Å². The Balaban J connectivity index is 2.15. The van der Waals surface area contributed by atoms with Crippen molar-refractivity contribution < 1.29 is 19.4 Å². The molecule has 1 aromatic carbocycles. The minimum atomic E-state index is -1.05. The van der Waals surface area contributed by atoms with E-state index >= 15 is 0 Å². The average Bonchev–Trinajstić information content (AvgIpc) is 2.47. The van der Waals surface area contributed by atoms with Crippen molar-refractivity contribution in [2.75, 3.05) is 20.2 Å². The molecule has 2 rings (SSSR count). The van der Waals surface area contributed by atoms with Crippen molar-refractivity contribution in [1.82, 2.24) is 4.90 Å². The number of carbonyl (C=O) groups is 2. The van der Waals surface area contributed by atoms with Crippen LogP contribution in [-0.2, 0) is 4.74 Å². The molecule has 1 aliphatic heterocycles. The van der Waals surface area contributed by atoms with Gasteiger partial charge in [-0.3, -0.25) is 4.79 Å². The zero-order chi connectivity index (χ0) is 14.7. The highest BCUT2D eigenvalue weighted by atomic mass is 16.5. The second-order valence-corrected chi connectivity index (χ2v) is 4.86.